The zero-order chi connectivity index (χ0) is 30.8. The van der Waals surface area contributed by atoms with Crippen LogP contribution in [0.2, 0.25) is 0 Å². The van der Waals surface area contributed by atoms with E-state index in [1.807, 2.05) is 4.90 Å². The van der Waals surface area contributed by atoms with Crippen LogP contribution in [0.4, 0.5) is 10.1 Å². The maximum atomic E-state index is 14.1. The number of phenols is 1. The number of phenolic OH excluding ortho intramolecular Hbond substituents is 1. The van der Waals surface area contributed by atoms with Gasteiger partial charge in [0.15, 0.2) is 11.4 Å². The number of aliphatic hydroxyl groups is 3. The fourth-order valence-electron chi connectivity index (χ4n) is 6.87. The Bertz CT molecular complexity index is 1580. The minimum Gasteiger partial charge on any atom is -0.510 e. The highest BCUT2D eigenvalue weighted by atomic mass is 19.1. The van der Waals surface area contributed by atoms with E-state index in [-0.39, 0.29) is 35.5 Å². The first-order valence-corrected chi connectivity index (χ1v) is 13.6. The molecule has 0 unspecified atom stereocenters. The summed E-state index contributed by atoms with van der Waals surface area (Å²) in [7, 11) is 6.78. The Morgan fingerprint density at radius 2 is 1.71 bits per heavy atom. The summed E-state index contributed by atoms with van der Waals surface area (Å²) in [5, 5.41) is 45.6. The standard InChI is InChI=1S/C31H34FN3O7/c1-34(2)20-13-15(8-5-14-6-9-17(32)10-7-14)25(36)22-18(20)11-16-12-19-24(35(3)4)27(38)23(30(33)41)29(40)31(19,42)28(39)21(16)26(22)37/h6-7,9-10,13,16,19,24,36,38-39,42H,5,8,11-12H2,1-4H3,(H2,33,41)/t16-,19+,24+,31+/m1/s1. The van der Waals surface area contributed by atoms with Gasteiger partial charge in [0.2, 0.25) is 5.78 Å². The molecule has 3 aliphatic carbocycles. The number of carbonyl (C=O) groups is 3. The molecule has 0 saturated heterocycles. The molecule has 0 fully saturated rings. The summed E-state index contributed by atoms with van der Waals surface area (Å²) in [6.45, 7) is 0. The van der Waals surface area contributed by atoms with Crippen LogP contribution in [0.25, 0.3) is 0 Å². The largest absolute Gasteiger partial charge is 0.510 e. The van der Waals surface area contributed by atoms with E-state index in [1.54, 1.807) is 46.4 Å². The van der Waals surface area contributed by atoms with Crippen molar-refractivity contribution in [1.82, 2.24) is 4.90 Å². The first kappa shape index (κ1) is 29.3. The third-order valence-corrected chi connectivity index (χ3v) is 8.86. The molecular weight excluding hydrogens is 545 g/mol. The van der Waals surface area contributed by atoms with E-state index < -0.39 is 58.0 Å². The number of aryl methyl sites for hydroxylation is 2. The number of Topliss-reactive ketones (excluding diaryl/α,β-unsaturated/α-hetero) is 2. The van der Waals surface area contributed by atoms with Crippen LogP contribution in [0.15, 0.2) is 53.0 Å². The van der Waals surface area contributed by atoms with E-state index in [0.29, 0.717) is 29.7 Å². The van der Waals surface area contributed by atoms with Crippen LogP contribution < -0.4 is 10.6 Å². The molecule has 1 amide bonds. The summed E-state index contributed by atoms with van der Waals surface area (Å²) < 4.78 is 13.4. The van der Waals surface area contributed by atoms with Crippen LogP contribution in [-0.2, 0) is 28.9 Å². The van der Waals surface area contributed by atoms with E-state index in [2.05, 4.69) is 0 Å². The van der Waals surface area contributed by atoms with Crippen LogP contribution in [0, 0.1) is 17.7 Å². The van der Waals surface area contributed by atoms with Crippen molar-refractivity contribution in [2.75, 3.05) is 33.1 Å². The van der Waals surface area contributed by atoms with Gasteiger partial charge in [-0.3, -0.25) is 19.3 Å². The number of nitrogens with two attached hydrogens (primary N) is 1. The molecule has 2 aromatic carbocycles. The molecule has 0 radical (unpaired) electrons. The number of nitrogens with zero attached hydrogens (tertiary/aromatic N) is 2. The smallest absolute Gasteiger partial charge is 0.255 e. The Morgan fingerprint density at radius 3 is 2.29 bits per heavy atom. The van der Waals surface area contributed by atoms with E-state index >= 15 is 0 Å². The molecule has 4 atom stereocenters. The Kier molecular flexibility index (Phi) is 7.14. The molecule has 5 rings (SSSR count). The van der Waals surface area contributed by atoms with Crippen molar-refractivity contribution in [3.05, 3.63) is 81.1 Å². The van der Waals surface area contributed by atoms with Gasteiger partial charge in [-0.1, -0.05) is 12.1 Å². The van der Waals surface area contributed by atoms with Gasteiger partial charge in [0.25, 0.3) is 5.91 Å². The van der Waals surface area contributed by atoms with Crippen LogP contribution in [-0.4, -0.2) is 82.6 Å². The second-order valence-electron chi connectivity index (χ2n) is 11.7. The summed E-state index contributed by atoms with van der Waals surface area (Å²) in [6.07, 6.45) is 1.01. The number of hydrogen-bond donors (Lipinski definition) is 5. The summed E-state index contributed by atoms with van der Waals surface area (Å²) in [6, 6.07) is 6.73. The minimum absolute atomic E-state index is 0.0196. The number of carbonyl (C=O) groups excluding carboxylic acids is 3. The fraction of sp³-hybridized carbons (Fsp3) is 0.387. The number of halogens is 1. The van der Waals surface area contributed by atoms with Gasteiger partial charge in [0.1, 0.15) is 28.7 Å². The normalized spacial score (nSPS) is 25.4. The molecule has 222 valence electrons. The van der Waals surface area contributed by atoms with Crippen LogP contribution in [0.5, 0.6) is 5.75 Å². The number of allylic oxidation sites excluding steroid dienone is 1. The Labute approximate surface area is 242 Å². The van der Waals surface area contributed by atoms with Crippen molar-refractivity contribution in [3.63, 3.8) is 0 Å². The van der Waals surface area contributed by atoms with Gasteiger partial charge in [-0.2, -0.15) is 0 Å². The number of aromatic hydroxyl groups is 1. The third kappa shape index (κ3) is 4.26. The van der Waals surface area contributed by atoms with Crippen molar-refractivity contribution in [2.45, 2.75) is 37.3 Å². The lowest BCUT2D eigenvalue weighted by molar-refractivity contribution is -0.148. The maximum Gasteiger partial charge on any atom is 0.255 e. The van der Waals surface area contributed by atoms with E-state index in [0.717, 1.165) is 5.56 Å². The van der Waals surface area contributed by atoms with Crippen molar-refractivity contribution in [2.24, 2.45) is 17.6 Å². The van der Waals surface area contributed by atoms with Crippen molar-refractivity contribution >= 4 is 23.2 Å². The molecule has 0 aliphatic heterocycles. The summed E-state index contributed by atoms with van der Waals surface area (Å²) in [5.41, 5.74) is 4.16. The minimum atomic E-state index is -2.69. The number of likely N-dealkylation sites (N-methyl/N-ethyl adjacent to an activating group) is 1. The number of amides is 1. The average molecular weight is 580 g/mol. The molecule has 11 heteroatoms. The lowest BCUT2D eigenvalue weighted by atomic mass is 9.58. The second-order valence-corrected chi connectivity index (χ2v) is 11.7. The number of hydrogen-bond acceptors (Lipinski definition) is 9. The van der Waals surface area contributed by atoms with Gasteiger partial charge in [-0.15, -0.1) is 0 Å². The number of rotatable bonds is 6. The SMILES string of the molecule is CN(C)c1cc(CCc2ccc(F)cc2)c(O)c2c1C[C@@H]1C[C@H]3[C@H](N(C)C)C(O)=C(C(N)=O)C(=O)[C@@]3(O)C(O)=C1C2=O. The predicted molar refractivity (Wildman–Crippen MR) is 152 cm³/mol. The monoisotopic (exact) mass is 579 g/mol. The predicted octanol–water partition coefficient (Wildman–Crippen LogP) is 2.11. The van der Waals surface area contributed by atoms with Gasteiger partial charge < -0.3 is 31.1 Å². The quantitative estimate of drug-likeness (QED) is 0.322. The van der Waals surface area contributed by atoms with Crippen molar-refractivity contribution < 1.29 is 39.2 Å². The first-order chi connectivity index (χ1) is 19.7. The molecule has 0 saturated carbocycles. The van der Waals surface area contributed by atoms with E-state index in [4.69, 9.17) is 5.73 Å². The molecule has 3 aliphatic rings. The molecule has 6 N–H and O–H groups in total. The molecular formula is C31H34FN3O7. The van der Waals surface area contributed by atoms with Gasteiger partial charge in [-0.25, -0.2) is 4.39 Å². The highest BCUT2D eigenvalue weighted by Crippen LogP contribution is 2.53. The molecule has 2 aromatic rings. The molecule has 0 heterocycles. The molecule has 10 nitrogen and oxygen atoms in total. The van der Waals surface area contributed by atoms with Gasteiger partial charge in [0.05, 0.1) is 11.6 Å². The van der Waals surface area contributed by atoms with Crippen LogP contribution >= 0.6 is 0 Å². The molecule has 0 spiro atoms. The van der Waals surface area contributed by atoms with E-state index in [9.17, 15) is 39.2 Å². The number of aliphatic hydroxyl groups excluding tert-OH is 2. The third-order valence-electron chi connectivity index (χ3n) is 8.86. The summed E-state index contributed by atoms with van der Waals surface area (Å²) in [5.74, 6) is -7.16. The highest BCUT2D eigenvalue weighted by Gasteiger charge is 2.63. The number of primary amides is 1. The number of benzene rings is 2. The first-order valence-electron chi connectivity index (χ1n) is 13.6. The lowest BCUT2D eigenvalue weighted by Crippen LogP contribution is -2.63. The van der Waals surface area contributed by atoms with Crippen molar-refractivity contribution in [3.8, 4) is 5.75 Å². The second kappa shape index (κ2) is 10.2. The fourth-order valence-corrected chi connectivity index (χ4v) is 6.87. The summed E-state index contributed by atoms with van der Waals surface area (Å²) >= 11 is 0. The van der Waals surface area contributed by atoms with Crippen molar-refractivity contribution in [1.29, 1.82) is 0 Å². The van der Waals surface area contributed by atoms with Gasteiger partial charge >= 0.3 is 0 Å². The van der Waals surface area contributed by atoms with Gasteiger partial charge in [-0.05, 0) is 80.6 Å². The molecule has 42 heavy (non-hydrogen) atoms. The van der Waals surface area contributed by atoms with Crippen LogP contribution in [0.3, 0.4) is 0 Å². The number of fused-ring (bicyclic) bond motifs is 3. The van der Waals surface area contributed by atoms with Gasteiger partial charge in [0, 0.05) is 31.3 Å². The zero-order valence-corrected chi connectivity index (χ0v) is 23.8. The Morgan fingerprint density at radius 1 is 1.07 bits per heavy atom. The van der Waals surface area contributed by atoms with E-state index in [1.165, 1.54) is 17.0 Å². The zero-order valence-electron chi connectivity index (χ0n) is 23.8. The summed E-state index contributed by atoms with van der Waals surface area (Å²) in [4.78, 5) is 43.1. The molecule has 0 aromatic heterocycles. The number of anilines is 1. The lowest BCUT2D eigenvalue weighted by Gasteiger charge is -2.50. The maximum absolute atomic E-state index is 14.1. The number of ketones is 2. The molecule has 0 bridgehead atoms. The highest BCUT2D eigenvalue weighted by molar-refractivity contribution is 6.25. The average Bonchev–Trinajstić information content (AvgIpc) is 2.90. The van der Waals surface area contributed by atoms with Crippen LogP contribution in [0.1, 0.15) is 33.5 Å². The Hall–Kier alpha value is -4.22. The Balaban J connectivity index is 1.64. The topological polar surface area (TPSA) is 165 Å².